The summed E-state index contributed by atoms with van der Waals surface area (Å²) < 4.78 is 17.8. The predicted molar refractivity (Wildman–Crippen MR) is 127 cm³/mol. The van der Waals surface area contributed by atoms with Gasteiger partial charge in [0.2, 0.25) is 0 Å². The molecule has 0 fully saturated rings. The molecule has 1 heterocycles. The van der Waals surface area contributed by atoms with Crippen molar-refractivity contribution in [1.82, 2.24) is 0 Å². The summed E-state index contributed by atoms with van der Waals surface area (Å²) in [6.07, 6.45) is 3.78. The summed E-state index contributed by atoms with van der Waals surface area (Å²) in [4.78, 5) is 12.2. The molecule has 0 unspecified atom stereocenters. The highest BCUT2D eigenvalue weighted by Gasteiger charge is 2.38. The van der Waals surface area contributed by atoms with Crippen molar-refractivity contribution in [3.05, 3.63) is 107 Å². The standard InChI is InChI=1S/C28H22O5/c1-31-24-16-18-15-23(27(29)30)21-13-14-28(19-9-5-3-6-10-19,20-11-7-4-8-12-20)33-26(21)22(18)17-25(24)32-2/h3-17H,1-2H3,(H,29,30). The smallest absolute Gasteiger partial charge is 0.336 e. The van der Waals surface area contributed by atoms with Crippen molar-refractivity contribution < 1.29 is 24.1 Å². The van der Waals surface area contributed by atoms with Crippen LogP contribution in [0.4, 0.5) is 0 Å². The number of rotatable bonds is 5. The number of hydrogen-bond acceptors (Lipinski definition) is 4. The molecule has 1 N–H and O–H groups in total. The number of aromatic carboxylic acids is 1. The molecule has 4 aromatic rings. The third kappa shape index (κ3) is 3.29. The zero-order valence-electron chi connectivity index (χ0n) is 18.2. The molecular weight excluding hydrogens is 416 g/mol. The lowest BCUT2D eigenvalue weighted by Crippen LogP contribution is -2.34. The zero-order valence-corrected chi connectivity index (χ0v) is 18.2. The third-order valence-corrected chi connectivity index (χ3v) is 6.02. The van der Waals surface area contributed by atoms with E-state index in [0.29, 0.717) is 28.2 Å². The maximum Gasteiger partial charge on any atom is 0.336 e. The van der Waals surface area contributed by atoms with Crippen LogP contribution in [0.5, 0.6) is 17.2 Å². The van der Waals surface area contributed by atoms with Crippen molar-refractivity contribution in [3.8, 4) is 17.2 Å². The van der Waals surface area contributed by atoms with E-state index >= 15 is 0 Å². The maximum atomic E-state index is 12.2. The fraction of sp³-hybridized carbons (Fsp3) is 0.107. The molecule has 0 amide bonds. The summed E-state index contributed by atoms with van der Waals surface area (Å²) in [7, 11) is 3.12. The van der Waals surface area contributed by atoms with E-state index in [-0.39, 0.29) is 5.56 Å². The molecule has 0 saturated carbocycles. The third-order valence-electron chi connectivity index (χ3n) is 6.02. The second kappa shape index (κ2) is 8.02. The van der Waals surface area contributed by atoms with Gasteiger partial charge in [-0.25, -0.2) is 4.79 Å². The minimum absolute atomic E-state index is 0.163. The molecule has 4 aromatic carbocycles. The summed E-state index contributed by atoms with van der Waals surface area (Å²) in [5.74, 6) is 0.521. The lowest BCUT2D eigenvalue weighted by Gasteiger charge is -2.37. The second-order valence-electron chi connectivity index (χ2n) is 7.80. The predicted octanol–water partition coefficient (Wildman–Crippen LogP) is 5.90. The number of fused-ring (bicyclic) bond motifs is 3. The molecule has 0 aliphatic carbocycles. The highest BCUT2D eigenvalue weighted by molar-refractivity contribution is 6.04. The Labute approximate surface area is 191 Å². The summed E-state index contributed by atoms with van der Waals surface area (Å²) in [6.45, 7) is 0. The van der Waals surface area contributed by atoms with Gasteiger partial charge in [0, 0.05) is 22.1 Å². The average molecular weight is 438 g/mol. The van der Waals surface area contributed by atoms with E-state index in [4.69, 9.17) is 14.2 Å². The van der Waals surface area contributed by atoms with Crippen LogP contribution >= 0.6 is 0 Å². The van der Waals surface area contributed by atoms with Crippen LogP contribution in [0.25, 0.3) is 16.8 Å². The molecule has 33 heavy (non-hydrogen) atoms. The maximum absolute atomic E-state index is 12.2. The summed E-state index contributed by atoms with van der Waals surface area (Å²) >= 11 is 0. The number of hydrogen-bond donors (Lipinski definition) is 1. The fourth-order valence-corrected chi connectivity index (χ4v) is 4.41. The van der Waals surface area contributed by atoms with Crippen LogP contribution in [0.1, 0.15) is 27.0 Å². The van der Waals surface area contributed by atoms with Gasteiger partial charge < -0.3 is 19.3 Å². The number of benzene rings is 4. The highest BCUT2D eigenvalue weighted by atomic mass is 16.5. The van der Waals surface area contributed by atoms with E-state index in [2.05, 4.69) is 0 Å². The minimum atomic E-state index is -1.02. The Bertz CT molecular complexity index is 1330. The van der Waals surface area contributed by atoms with Crippen molar-refractivity contribution in [2.45, 2.75) is 5.60 Å². The van der Waals surface area contributed by atoms with Crippen LogP contribution in [-0.2, 0) is 5.60 Å². The lowest BCUT2D eigenvalue weighted by atomic mass is 9.82. The van der Waals surface area contributed by atoms with Gasteiger partial charge in [0.1, 0.15) is 5.75 Å². The van der Waals surface area contributed by atoms with Crippen molar-refractivity contribution in [2.24, 2.45) is 0 Å². The number of carboxylic acids is 1. The molecule has 0 radical (unpaired) electrons. The SMILES string of the molecule is COc1cc2cc(C(=O)O)c3c(c2cc1OC)OC(c1ccccc1)(c1ccccc1)C=C3. The van der Waals surface area contributed by atoms with Gasteiger partial charge in [-0.15, -0.1) is 0 Å². The van der Waals surface area contributed by atoms with Gasteiger partial charge in [0.15, 0.2) is 17.1 Å². The minimum Gasteiger partial charge on any atom is -0.493 e. The van der Waals surface area contributed by atoms with Crippen LogP contribution in [-0.4, -0.2) is 25.3 Å². The van der Waals surface area contributed by atoms with Crippen molar-refractivity contribution >= 4 is 22.8 Å². The van der Waals surface area contributed by atoms with Gasteiger partial charge in [-0.3, -0.25) is 0 Å². The van der Waals surface area contributed by atoms with Gasteiger partial charge in [-0.05, 0) is 35.7 Å². The van der Waals surface area contributed by atoms with Gasteiger partial charge in [0.05, 0.1) is 19.8 Å². The molecule has 0 aromatic heterocycles. The normalized spacial score (nSPS) is 13.8. The number of carboxylic acid groups (broad SMARTS) is 1. The summed E-state index contributed by atoms with van der Waals surface area (Å²) in [5.41, 5.74) is 1.63. The molecular formula is C28H22O5. The Morgan fingerprint density at radius 1 is 0.848 bits per heavy atom. The van der Waals surface area contributed by atoms with Crippen molar-refractivity contribution in [2.75, 3.05) is 14.2 Å². The van der Waals surface area contributed by atoms with E-state index in [1.54, 1.807) is 26.4 Å². The Morgan fingerprint density at radius 3 is 1.97 bits per heavy atom. The second-order valence-corrected chi connectivity index (χ2v) is 7.80. The fourth-order valence-electron chi connectivity index (χ4n) is 4.41. The van der Waals surface area contributed by atoms with Crippen LogP contribution in [0.2, 0.25) is 0 Å². The Morgan fingerprint density at radius 2 is 1.42 bits per heavy atom. The van der Waals surface area contributed by atoms with E-state index < -0.39 is 11.6 Å². The Hall–Kier alpha value is -4.25. The van der Waals surface area contributed by atoms with Crippen LogP contribution in [0.3, 0.4) is 0 Å². The molecule has 164 valence electrons. The van der Waals surface area contributed by atoms with Crippen LogP contribution in [0, 0.1) is 0 Å². The summed E-state index contributed by atoms with van der Waals surface area (Å²) in [6, 6.07) is 25.1. The molecule has 5 nitrogen and oxygen atoms in total. The number of carbonyl (C=O) groups is 1. The zero-order chi connectivity index (χ0) is 23.0. The van der Waals surface area contributed by atoms with Crippen LogP contribution in [0.15, 0.2) is 84.9 Å². The molecule has 0 spiro atoms. The lowest BCUT2D eigenvalue weighted by molar-refractivity contribution is 0.0695. The van der Waals surface area contributed by atoms with Gasteiger partial charge in [-0.1, -0.05) is 60.7 Å². The first-order chi connectivity index (χ1) is 16.1. The quantitative estimate of drug-likeness (QED) is 0.420. The van der Waals surface area contributed by atoms with E-state index in [1.165, 1.54) is 0 Å². The number of ether oxygens (including phenoxy) is 3. The van der Waals surface area contributed by atoms with Gasteiger partial charge in [0.25, 0.3) is 0 Å². The van der Waals surface area contributed by atoms with E-state index in [1.807, 2.05) is 78.9 Å². The first-order valence-corrected chi connectivity index (χ1v) is 10.5. The average Bonchev–Trinajstić information content (AvgIpc) is 2.87. The highest BCUT2D eigenvalue weighted by Crippen LogP contribution is 2.48. The monoisotopic (exact) mass is 438 g/mol. The molecule has 0 saturated heterocycles. The Balaban J connectivity index is 1.84. The topological polar surface area (TPSA) is 65.0 Å². The van der Waals surface area contributed by atoms with Crippen molar-refractivity contribution in [3.63, 3.8) is 0 Å². The molecule has 1 aliphatic heterocycles. The van der Waals surface area contributed by atoms with E-state index in [0.717, 1.165) is 16.5 Å². The van der Waals surface area contributed by atoms with Crippen LogP contribution < -0.4 is 14.2 Å². The van der Waals surface area contributed by atoms with E-state index in [9.17, 15) is 9.90 Å². The largest absolute Gasteiger partial charge is 0.493 e. The first kappa shape index (κ1) is 20.6. The summed E-state index contributed by atoms with van der Waals surface area (Å²) in [5, 5.41) is 11.4. The van der Waals surface area contributed by atoms with Gasteiger partial charge in [-0.2, -0.15) is 0 Å². The molecule has 0 atom stereocenters. The van der Waals surface area contributed by atoms with Gasteiger partial charge >= 0.3 is 5.97 Å². The molecule has 5 heteroatoms. The van der Waals surface area contributed by atoms with Crippen molar-refractivity contribution in [1.29, 1.82) is 0 Å². The molecule has 5 rings (SSSR count). The first-order valence-electron chi connectivity index (χ1n) is 10.5. The molecule has 0 bridgehead atoms. The Kier molecular flexibility index (Phi) is 5.02. The number of methoxy groups -OCH3 is 2. The molecule has 1 aliphatic rings.